The topological polar surface area (TPSA) is 26.3 Å². The first-order valence-corrected chi connectivity index (χ1v) is 10.8. The van der Waals surface area contributed by atoms with Gasteiger partial charge in [-0.05, 0) is 53.2 Å². The molecule has 0 atom stereocenters. The SMILES string of the molecule is CC(C)[Si](Oc1ccc2c(c1)CCCC2=O)(C(C)C)C(C)C. The van der Waals surface area contributed by atoms with E-state index in [1.807, 2.05) is 12.1 Å². The van der Waals surface area contributed by atoms with Crippen LogP contribution in [-0.4, -0.2) is 14.1 Å². The summed E-state index contributed by atoms with van der Waals surface area (Å²) in [6, 6.07) is 6.12. The smallest absolute Gasteiger partial charge is 0.258 e. The van der Waals surface area contributed by atoms with Crippen molar-refractivity contribution in [1.82, 2.24) is 0 Å². The van der Waals surface area contributed by atoms with Gasteiger partial charge in [0.1, 0.15) is 5.75 Å². The molecule has 0 spiro atoms. The standard InChI is InChI=1S/C19H30O2Si/c1-13(2)22(14(3)4,15(5)6)21-17-10-11-18-16(12-17)8-7-9-19(18)20/h10-15H,7-9H2,1-6H3. The van der Waals surface area contributed by atoms with Crippen molar-refractivity contribution < 1.29 is 9.22 Å². The molecule has 0 fully saturated rings. The van der Waals surface area contributed by atoms with Gasteiger partial charge in [-0.15, -0.1) is 0 Å². The summed E-state index contributed by atoms with van der Waals surface area (Å²) in [5.74, 6) is 1.25. The third-order valence-corrected chi connectivity index (χ3v) is 11.2. The molecule has 0 heterocycles. The average Bonchev–Trinajstić information content (AvgIpc) is 2.43. The predicted octanol–water partition coefficient (Wildman–Crippen LogP) is 5.76. The summed E-state index contributed by atoms with van der Waals surface area (Å²) >= 11 is 0. The average molecular weight is 319 g/mol. The second-order valence-electron chi connectivity index (χ2n) is 7.52. The summed E-state index contributed by atoms with van der Waals surface area (Å²) in [6.45, 7) is 13.8. The molecule has 22 heavy (non-hydrogen) atoms. The van der Waals surface area contributed by atoms with Crippen LogP contribution in [0.15, 0.2) is 18.2 Å². The maximum absolute atomic E-state index is 12.0. The van der Waals surface area contributed by atoms with Gasteiger partial charge in [-0.1, -0.05) is 41.5 Å². The molecule has 1 aliphatic carbocycles. The van der Waals surface area contributed by atoms with Crippen molar-refractivity contribution in [3.8, 4) is 5.75 Å². The molecule has 122 valence electrons. The molecule has 1 aromatic rings. The van der Waals surface area contributed by atoms with Crippen LogP contribution in [0.5, 0.6) is 5.75 Å². The third-order valence-electron chi connectivity index (χ3n) is 5.23. The van der Waals surface area contributed by atoms with E-state index in [-0.39, 0.29) is 5.78 Å². The lowest BCUT2D eigenvalue weighted by Gasteiger charge is -2.42. The van der Waals surface area contributed by atoms with Gasteiger partial charge in [-0.2, -0.15) is 0 Å². The molecule has 0 unspecified atom stereocenters. The number of fused-ring (bicyclic) bond motifs is 1. The highest BCUT2D eigenvalue weighted by Crippen LogP contribution is 2.43. The number of aryl methyl sites for hydroxylation is 1. The minimum Gasteiger partial charge on any atom is -0.543 e. The maximum Gasteiger partial charge on any atom is 0.258 e. The molecule has 0 saturated carbocycles. The number of benzene rings is 1. The van der Waals surface area contributed by atoms with E-state index in [0.29, 0.717) is 23.0 Å². The van der Waals surface area contributed by atoms with Crippen LogP contribution in [0.1, 0.15) is 70.3 Å². The maximum atomic E-state index is 12.0. The van der Waals surface area contributed by atoms with E-state index in [4.69, 9.17) is 4.43 Å². The first-order chi connectivity index (χ1) is 10.3. The van der Waals surface area contributed by atoms with Gasteiger partial charge < -0.3 is 4.43 Å². The fourth-order valence-corrected chi connectivity index (χ4v) is 9.49. The Bertz CT molecular complexity index is 525. The van der Waals surface area contributed by atoms with E-state index < -0.39 is 8.32 Å². The van der Waals surface area contributed by atoms with E-state index in [0.717, 1.165) is 24.2 Å². The highest BCUT2D eigenvalue weighted by Gasteiger charge is 2.47. The molecule has 0 aromatic heterocycles. The molecule has 0 radical (unpaired) electrons. The molecule has 0 N–H and O–H groups in total. The number of Topliss-reactive ketones (excluding diaryl/α,β-unsaturated/α-hetero) is 1. The van der Waals surface area contributed by atoms with Crippen molar-refractivity contribution in [1.29, 1.82) is 0 Å². The number of carbonyl (C=O) groups is 1. The van der Waals surface area contributed by atoms with E-state index >= 15 is 0 Å². The Morgan fingerprint density at radius 3 is 2.09 bits per heavy atom. The predicted molar refractivity (Wildman–Crippen MR) is 95.4 cm³/mol. The zero-order valence-electron chi connectivity index (χ0n) is 14.9. The van der Waals surface area contributed by atoms with Crippen LogP contribution in [-0.2, 0) is 6.42 Å². The van der Waals surface area contributed by atoms with Crippen LogP contribution >= 0.6 is 0 Å². The van der Waals surface area contributed by atoms with Gasteiger partial charge in [0.15, 0.2) is 5.78 Å². The Kier molecular flexibility index (Phi) is 5.16. The normalized spacial score (nSPS) is 15.6. The summed E-state index contributed by atoms with van der Waals surface area (Å²) in [5, 5.41) is 0. The van der Waals surface area contributed by atoms with Crippen molar-refractivity contribution >= 4 is 14.1 Å². The van der Waals surface area contributed by atoms with Crippen LogP contribution in [0, 0.1) is 0 Å². The van der Waals surface area contributed by atoms with Crippen molar-refractivity contribution in [2.45, 2.75) is 77.4 Å². The Morgan fingerprint density at radius 2 is 1.55 bits per heavy atom. The zero-order valence-corrected chi connectivity index (χ0v) is 15.9. The quantitative estimate of drug-likeness (QED) is 0.645. The van der Waals surface area contributed by atoms with Gasteiger partial charge in [-0.3, -0.25) is 4.79 Å². The van der Waals surface area contributed by atoms with Crippen LogP contribution in [0.2, 0.25) is 16.6 Å². The summed E-state index contributed by atoms with van der Waals surface area (Å²) in [7, 11) is -1.92. The monoisotopic (exact) mass is 318 g/mol. The molecular formula is C19H30O2Si. The number of hydrogen-bond donors (Lipinski definition) is 0. The molecule has 0 bridgehead atoms. The van der Waals surface area contributed by atoms with E-state index in [1.54, 1.807) is 0 Å². The second kappa shape index (κ2) is 6.57. The fourth-order valence-electron chi connectivity index (χ4n) is 4.24. The lowest BCUT2D eigenvalue weighted by atomic mass is 9.91. The molecule has 3 heteroatoms. The summed E-state index contributed by atoms with van der Waals surface area (Å²) in [6.07, 6.45) is 2.66. The molecular weight excluding hydrogens is 288 g/mol. The van der Waals surface area contributed by atoms with Crippen LogP contribution in [0.4, 0.5) is 0 Å². The van der Waals surface area contributed by atoms with Crippen LogP contribution in [0.3, 0.4) is 0 Å². The van der Waals surface area contributed by atoms with Crippen LogP contribution < -0.4 is 4.43 Å². The lowest BCUT2D eigenvalue weighted by molar-refractivity contribution is 0.0972. The van der Waals surface area contributed by atoms with Gasteiger partial charge >= 0.3 is 0 Å². The molecule has 1 aromatic carbocycles. The van der Waals surface area contributed by atoms with E-state index in [9.17, 15) is 4.79 Å². The van der Waals surface area contributed by atoms with Gasteiger partial charge in [0.2, 0.25) is 0 Å². The van der Waals surface area contributed by atoms with Gasteiger partial charge in [0, 0.05) is 12.0 Å². The minimum atomic E-state index is -1.92. The van der Waals surface area contributed by atoms with Gasteiger partial charge in [-0.25, -0.2) is 0 Å². The van der Waals surface area contributed by atoms with E-state index in [1.165, 1.54) is 5.56 Å². The zero-order chi connectivity index (χ0) is 16.5. The minimum absolute atomic E-state index is 0.285. The second-order valence-corrected chi connectivity index (χ2v) is 12.9. The number of rotatable bonds is 5. The molecule has 0 aliphatic heterocycles. The van der Waals surface area contributed by atoms with Crippen molar-refractivity contribution in [3.05, 3.63) is 29.3 Å². The Balaban J connectivity index is 2.37. The highest BCUT2D eigenvalue weighted by molar-refractivity contribution is 6.78. The van der Waals surface area contributed by atoms with E-state index in [2.05, 4.69) is 47.6 Å². The number of hydrogen-bond acceptors (Lipinski definition) is 2. The molecule has 1 aliphatic rings. The van der Waals surface area contributed by atoms with Gasteiger partial charge in [0.05, 0.1) is 0 Å². The summed E-state index contributed by atoms with van der Waals surface area (Å²) in [5.41, 5.74) is 3.76. The number of ketones is 1. The van der Waals surface area contributed by atoms with Crippen molar-refractivity contribution in [3.63, 3.8) is 0 Å². The Morgan fingerprint density at radius 1 is 0.955 bits per heavy atom. The largest absolute Gasteiger partial charge is 0.543 e. The summed E-state index contributed by atoms with van der Waals surface area (Å²) in [4.78, 5) is 12.0. The molecule has 2 rings (SSSR count). The molecule has 0 amide bonds. The van der Waals surface area contributed by atoms with Crippen molar-refractivity contribution in [2.75, 3.05) is 0 Å². The first-order valence-electron chi connectivity index (χ1n) is 8.64. The van der Waals surface area contributed by atoms with Crippen LogP contribution in [0.25, 0.3) is 0 Å². The lowest BCUT2D eigenvalue weighted by Crippen LogP contribution is -2.50. The van der Waals surface area contributed by atoms with Crippen molar-refractivity contribution in [2.24, 2.45) is 0 Å². The van der Waals surface area contributed by atoms with Gasteiger partial charge in [0.25, 0.3) is 8.32 Å². The third kappa shape index (κ3) is 3.01. The number of carbonyl (C=O) groups excluding carboxylic acids is 1. The Hall–Kier alpha value is -1.09. The summed E-state index contributed by atoms with van der Waals surface area (Å²) < 4.78 is 6.72. The highest BCUT2D eigenvalue weighted by atomic mass is 28.4. The fraction of sp³-hybridized carbons (Fsp3) is 0.632. The molecule has 0 saturated heterocycles. The molecule has 2 nitrogen and oxygen atoms in total. The first kappa shape index (κ1) is 17.3. The Labute approximate surface area is 136 Å².